The standard InChI is InChI=1S/C23H34N6O2.HI/c1-24-23(29-12-13-31-22(17-29)19-14-26-27(2)16-19)25-15-21(28-10-4-5-11-28)18-6-8-20(30-3)9-7-18;/h6-9,14,16,21-22H,4-5,10-13,15,17H2,1-3H3,(H,24,25);1H. The van der Waals surface area contributed by atoms with Crippen molar-refractivity contribution in [2.45, 2.75) is 25.0 Å². The fraction of sp³-hybridized carbons (Fsp3) is 0.565. The predicted octanol–water partition coefficient (Wildman–Crippen LogP) is 2.83. The zero-order valence-corrected chi connectivity index (χ0v) is 21.6. The average molecular weight is 554 g/mol. The first-order chi connectivity index (χ1) is 15.2. The molecule has 2 atom stereocenters. The lowest BCUT2D eigenvalue weighted by Crippen LogP contribution is -2.49. The zero-order valence-electron chi connectivity index (χ0n) is 19.2. The monoisotopic (exact) mass is 554 g/mol. The molecule has 3 heterocycles. The fourth-order valence-electron chi connectivity index (χ4n) is 4.51. The highest BCUT2D eigenvalue weighted by atomic mass is 127. The van der Waals surface area contributed by atoms with Gasteiger partial charge in [-0.15, -0.1) is 24.0 Å². The van der Waals surface area contributed by atoms with Gasteiger partial charge in [0.2, 0.25) is 0 Å². The smallest absolute Gasteiger partial charge is 0.193 e. The Morgan fingerprint density at radius 1 is 1.25 bits per heavy atom. The Hall–Kier alpha value is -1.85. The van der Waals surface area contributed by atoms with Crippen LogP contribution in [0.15, 0.2) is 41.7 Å². The molecule has 1 aromatic heterocycles. The molecule has 0 aliphatic carbocycles. The van der Waals surface area contributed by atoms with Crippen molar-refractivity contribution in [2.75, 3.05) is 53.5 Å². The molecule has 32 heavy (non-hydrogen) atoms. The number of ether oxygens (including phenoxy) is 2. The molecule has 1 aromatic carbocycles. The molecule has 2 aliphatic rings. The number of rotatable bonds is 6. The third-order valence-corrected chi connectivity index (χ3v) is 6.21. The molecular weight excluding hydrogens is 519 g/mol. The highest BCUT2D eigenvalue weighted by Crippen LogP contribution is 2.27. The van der Waals surface area contributed by atoms with E-state index in [0.29, 0.717) is 12.6 Å². The van der Waals surface area contributed by atoms with Gasteiger partial charge >= 0.3 is 0 Å². The minimum absolute atomic E-state index is 0. The molecule has 8 nitrogen and oxygen atoms in total. The number of hydrogen-bond acceptors (Lipinski definition) is 5. The van der Waals surface area contributed by atoms with Crippen molar-refractivity contribution in [1.82, 2.24) is 24.9 Å². The number of guanidine groups is 1. The van der Waals surface area contributed by atoms with E-state index in [1.165, 1.54) is 18.4 Å². The van der Waals surface area contributed by atoms with Gasteiger partial charge in [-0.3, -0.25) is 14.6 Å². The SMILES string of the molecule is CN=C(NCC(c1ccc(OC)cc1)N1CCCC1)N1CCOC(c2cnn(C)c2)C1.I. The third-order valence-electron chi connectivity index (χ3n) is 6.21. The van der Waals surface area contributed by atoms with Crippen LogP contribution in [0, 0.1) is 0 Å². The largest absolute Gasteiger partial charge is 0.497 e. The molecule has 0 bridgehead atoms. The topological polar surface area (TPSA) is 67.2 Å². The minimum Gasteiger partial charge on any atom is -0.497 e. The summed E-state index contributed by atoms with van der Waals surface area (Å²) < 4.78 is 13.2. The number of nitrogens with zero attached hydrogens (tertiary/aromatic N) is 5. The van der Waals surface area contributed by atoms with Crippen LogP contribution in [-0.2, 0) is 11.8 Å². The summed E-state index contributed by atoms with van der Waals surface area (Å²) in [5.41, 5.74) is 2.41. The third kappa shape index (κ3) is 5.93. The number of aliphatic imine (C=N–C) groups is 1. The summed E-state index contributed by atoms with van der Waals surface area (Å²) in [5, 5.41) is 7.94. The summed E-state index contributed by atoms with van der Waals surface area (Å²) in [6, 6.07) is 8.76. The Kier molecular flexibility index (Phi) is 9.18. The van der Waals surface area contributed by atoms with E-state index in [2.05, 4.69) is 37.3 Å². The van der Waals surface area contributed by atoms with Gasteiger partial charge in [-0.05, 0) is 43.6 Å². The average Bonchev–Trinajstić information content (AvgIpc) is 3.49. The van der Waals surface area contributed by atoms with E-state index < -0.39 is 0 Å². The summed E-state index contributed by atoms with van der Waals surface area (Å²) >= 11 is 0. The molecule has 0 radical (unpaired) electrons. The maximum Gasteiger partial charge on any atom is 0.193 e. The van der Waals surface area contributed by atoms with Crippen molar-refractivity contribution in [2.24, 2.45) is 12.0 Å². The van der Waals surface area contributed by atoms with E-state index in [9.17, 15) is 0 Å². The molecule has 0 saturated carbocycles. The van der Waals surface area contributed by atoms with Crippen LogP contribution in [0.5, 0.6) is 5.75 Å². The van der Waals surface area contributed by atoms with Crippen LogP contribution in [-0.4, -0.2) is 79.0 Å². The Bertz CT molecular complexity index is 866. The van der Waals surface area contributed by atoms with Gasteiger partial charge in [0.25, 0.3) is 0 Å². The Balaban J connectivity index is 0.00000289. The lowest BCUT2D eigenvalue weighted by atomic mass is 10.1. The summed E-state index contributed by atoms with van der Waals surface area (Å²) in [6.07, 6.45) is 6.45. The van der Waals surface area contributed by atoms with E-state index in [4.69, 9.17) is 9.47 Å². The lowest BCUT2D eigenvalue weighted by Gasteiger charge is -2.36. The van der Waals surface area contributed by atoms with Crippen molar-refractivity contribution in [3.05, 3.63) is 47.8 Å². The van der Waals surface area contributed by atoms with Crippen LogP contribution in [0.1, 0.15) is 36.1 Å². The number of hydrogen-bond donors (Lipinski definition) is 1. The van der Waals surface area contributed by atoms with Crippen LogP contribution in [0.2, 0.25) is 0 Å². The molecule has 2 aromatic rings. The summed E-state index contributed by atoms with van der Waals surface area (Å²) in [6.45, 7) is 5.35. The second kappa shape index (κ2) is 11.9. The summed E-state index contributed by atoms with van der Waals surface area (Å²) in [5.74, 6) is 1.82. The van der Waals surface area contributed by atoms with Gasteiger partial charge < -0.3 is 19.7 Å². The highest BCUT2D eigenvalue weighted by molar-refractivity contribution is 14.0. The van der Waals surface area contributed by atoms with Gasteiger partial charge in [0, 0.05) is 38.9 Å². The molecule has 2 fully saturated rings. The van der Waals surface area contributed by atoms with Gasteiger partial charge in [-0.25, -0.2) is 0 Å². The number of morpholine rings is 1. The summed E-state index contributed by atoms with van der Waals surface area (Å²) in [7, 11) is 5.50. The minimum atomic E-state index is 0. The van der Waals surface area contributed by atoms with Crippen LogP contribution in [0.3, 0.4) is 0 Å². The number of benzene rings is 1. The Labute approximate surface area is 208 Å². The Morgan fingerprint density at radius 3 is 2.62 bits per heavy atom. The molecule has 4 rings (SSSR count). The van der Waals surface area contributed by atoms with Gasteiger partial charge in [-0.1, -0.05) is 12.1 Å². The van der Waals surface area contributed by atoms with Gasteiger partial charge in [0.15, 0.2) is 5.96 Å². The second-order valence-corrected chi connectivity index (χ2v) is 8.21. The van der Waals surface area contributed by atoms with Crippen molar-refractivity contribution >= 4 is 29.9 Å². The van der Waals surface area contributed by atoms with E-state index in [1.807, 2.05) is 43.3 Å². The first-order valence-corrected chi connectivity index (χ1v) is 11.1. The van der Waals surface area contributed by atoms with Crippen molar-refractivity contribution in [3.63, 3.8) is 0 Å². The van der Waals surface area contributed by atoms with E-state index in [0.717, 1.165) is 50.0 Å². The maximum atomic E-state index is 6.00. The van der Waals surface area contributed by atoms with Gasteiger partial charge in [-0.2, -0.15) is 5.10 Å². The lowest BCUT2D eigenvalue weighted by molar-refractivity contribution is -0.00812. The number of aryl methyl sites for hydroxylation is 1. The molecule has 2 unspecified atom stereocenters. The number of methoxy groups -OCH3 is 1. The van der Waals surface area contributed by atoms with Crippen molar-refractivity contribution in [3.8, 4) is 5.75 Å². The van der Waals surface area contributed by atoms with E-state index in [1.54, 1.807) is 7.11 Å². The first-order valence-electron chi connectivity index (χ1n) is 11.1. The molecule has 176 valence electrons. The highest BCUT2D eigenvalue weighted by Gasteiger charge is 2.27. The van der Waals surface area contributed by atoms with Crippen LogP contribution in [0.4, 0.5) is 0 Å². The van der Waals surface area contributed by atoms with Crippen LogP contribution < -0.4 is 10.1 Å². The number of nitrogens with one attached hydrogen (secondary N) is 1. The number of aromatic nitrogens is 2. The van der Waals surface area contributed by atoms with Gasteiger partial charge in [0.1, 0.15) is 11.9 Å². The van der Waals surface area contributed by atoms with Crippen LogP contribution >= 0.6 is 24.0 Å². The second-order valence-electron chi connectivity index (χ2n) is 8.21. The van der Waals surface area contributed by atoms with E-state index >= 15 is 0 Å². The molecular formula is C23H35IN6O2. The zero-order chi connectivity index (χ0) is 21.6. The van der Waals surface area contributed by atoms with Crippen molar-refractivity contribution < 1.29 is 9.47 Å². The molecule has 2 saturated heterocycles. The van der Waals surface area contributed by atoms with Gasteiger partial charge in [0.05, 0.1) is 32.5 Å². The maximum absolute atomic E-state index is 6.00. The normalized spacial score (nSPS) is 20.7. The Morgan fingerprint density at radius 2 is 2.00 bits per heavy atom. The molecule has 2 aliphatic heterocycles. The van der Waals surface area contributed by atoms with Crippen LogP contribution in [0.25, 0.3) is 0 Å². The van der Waals surface area contributed by atoms with Crippen molar-refractivity contribution in [1.29, 1.82) is 0 Å². The molecule has 0 spiro atoms. The number of halogens is 1. The first kappa shape index (κ1) is 24.8. The van der Waals surface area contributed by atoms with E-state index in [-0.39, 0.29) is 30.1 Å². The summed E-state index contributed by atoms with van der Waals surface area (Å²) in [4.78, 5) is 9.44. The molecule has 9 heteroatoms. The molecule has 0 amide bonds. The quantitative estimate of drug-likeness (QED) is 0.337. The number of likely N-dealkylation sites (tertiary alicyclic amines) is 1. The fourth-order valence-corrected chi connectivity index (χ4v) is 4.51. The predicted molar refractivity (Wildman–Crippen MR) is 137 cm³/mol. The molecule has 1 N–H and O–H groups in total.